The second-order valence-electron chi connectivity index (χ2n) is 10.8. The number of carbonyl (C=O) groups excluding carboxylic acids is 2. The molecule has 1 N–H and O–H groups in total. The maximum absolute atomic E-state index is 14.5. The smallest absolute Gasteiger partial charge is 0.280 e. The number of aryl methyl sites for hydroxylation is 1. The topological polar surface area (TPSA) is 102 Å². The number of anilines is 2. The maximum atomic E-state index is 14.5. The standard InChI is InChI=1S/C30H28Cl2N6O3/c1-14(2)25-33-13-19(27(36-25)41-6)26-35-23-24(37(26)15(3)4)30(20-10-9-17(31)11-21(20)34-29(30)40)38(28(23)39)22-12-18(32)8-7-16(22)5/h7-15H,1-6H3,(H,34,40). The number of carbonyl (C=O) groups is 2. The first-order valence-corrected chi connectivity index (χ1v) is 14.0. The van der Waals surface area contributed by atoms with Crippen LogP contribution in [0.5, 0.6) is 5.88 Å². The van der Waals surface area contributed by atoms with E-state index in [-0.39, 0.29) is 17.7 Å². The van der Waals surface area contributed by atoms with Crippen molar-refractivity contribution in [2.24, 2.45) is 0 Å². The van der Waals surface area contributed by atoms with Gasteiger partial charge >= 0.3 is 0 Å². The van der Waals surface area contributed by atoms with Gasteiger partial charge in [0, 0.05) is 39.5 Å². The summed E-state index contributed by atoms with van der Waals surface area (Å²) in [6, 6.07) is 10.2. The van der Waals surface area contributed by atoms with Crippen molar-refractivity contribution >= 4 is 46.4 Å². The van der Waals surface area contributed by atoms with Crippen LogP contribution in [0.2, 0.25) is 10.0 Å². The molecule has 11 heteroatoms. The molecular formula is C30H28Cl2N6O3. The molecule has 0 aliphatic carbocycles. The SMILES string of the molecule is COc1nc(C(C)C)ncc1-c1nc2c(n1C(C)C)C1(C(=O)Nc3cc(Cl)ccc31)N(c1cc(Cl)ccc1C)C2=O. The molecule has 210 valence electrons. The Labute approximate surface area is 247 Å². The number of nitrogens with zero attached hydrogens (tertiary/aromatic N) is 5. The molecule has 0 bridgehead atoms. The number of methoxy groups -OCH3 is 1. The molecule has 1 atom stereocenters. The molecule has 0 radical (unpaired) electrons. The molecule has 2 amide bonds. The van der Waals surface area contributed by atoms with E-state index in [9.17, 15) is 9.59 Å². The number of nitrogens with one attached hydrogen (secondary N) is 1. The lowest BCUT2D eigenvalue weighted by atomic mass is 9.86. The Bertz CT molecular complexity index is 1770. The van der Waals surface area contributed by atoms with Crippen LogP contribution in [0.3, 0.4) is 0 Å². The number of fused-ring (bicyclic) bond motifs is 4. The lowest BCUT2D eigenvalue weighted by Crippen LogP contribution is -2.51. The highest BCUT2D eigenvalue weighted by Gasteiger charge is 2.64. The van der Waals surface area contributed by atoms with Gasteiger partial charge in [0.2, 0.25) is 5.88 Å². The van der Waals surface area contributed by atoms with Crippen molar-refractivity contribution in [2.75, 3.05) is 17.3 Å². The fourth-order valence-electron chi connectivity index (χ4n) is 5.79. The number of aromatic nitrogens is 4. The highest BCUT2D eigenvalue weighted by molar-refractivity contribution is 6.32. The summed E-state index contributed by atoms with van der Waals surface area (Å²) in [6.07, 6.45) is 1.66. The first-order valence-electron chi connectivity index (χ1n) is 13.3. The Balaban J connectivity index is 1.72. The van der Waals surface area contributed by atoms with Gasteiger partial charge in [-0.15, -0.1) is 0 Å². The quantitative estimate of drug-likeness (QED) is 0.283. The Morgan fingerprint density at radius 2 is 1.71 bits per heavy atom. The van der Waals surface area contributed by atoms with Gasteiger partial charge in [0.05, 0.1) is 24.1 Å². The van der Waals surface area contributed by atoms with Gasteiger partial charge in [-0.3, -0.25) is 14.5 Å². The fraction of sp³-hybridized carbons (Fsp3) is 0.300. The van der Waals surface area contributed by atoms with Crippen molar-refractivity contribution in [1.82, 2.24) is 19.5 Å². The number of amides is 2. The number of imidazole rings is 1. The molecule has 6 rings (SSSR count). The molecule has 2 aliphatic heterocycles. The summed E-state index contributed by atoms with van der Waals surface area (Å²) >= 11 is 12.8. The second kappa shape index (κ2) is 9.56. The first-order chi connectivity index (χ1) is 19.5. The number of hydrogen-bond acceptors (Lipinski definition) is 6. The van der Waals surface area contributed by atoms with Gasteiger partial charge in [-0.05, 0) is 50.6 Å². The summed E-state index contributed by atoms with van der Waals surface area (Å²) < 4.78 is 7.58. The van der Waals surface area contributed by atoms with Crippen molar-refractivity contribution < 1.29 is 14.3 Å². The van der Waals surface area contributed by atoms with Gasteiger partial charge < -0.3 is 14.6 Å². The summed E-state index contributed by atoms with van der Waals surface area (Å²) in [5.74, 6) is 0.647. The Morgan fingerprint density at radius 1 is 1.00 bits per heavy atom. The van der Waals surface area contributed by atoms with Crippen LogP contribution in [0.15, 0.2) is 42.6 Å². The predicted octanol–water partition coefficient (Wildman–Crippen LogP) is 6.52. The van der Waals surface area contributed by atoms with E-state index in [0.717, 1.165) is 5.56 Å². The average molecular weight is 591 g/mol. The molecule has 1 spiro atoms. The molecule has 0 fully saturated rings. The lowest BCUT2D eigenvalue weighted by molar-refractivity contribution is -0.119. The molecule has 2 aliphatic rings. The fourth-order valence-corrected chi connectivity index (χ4v) is 6.13. The number of hydrogen-bond donors (Lipinski definition) is 1. The minimum atomic E-state index is -1.58. The van der Waals surface area contributed by atoms with E-state index in [4.69, 9.17) is 32.9 Å². The molecule has 0 saturated heterocycles. The minimum absolute atomic E-state index is 0.0812. The summed E-state index contributed by atoms with van der Waals surface area (Å²) in [7, 11) is 1.53. The average Bonchev–Trinajstić information content (AvgIpc) is 3.53. The van der Waals surface area contributed by atoms with Gasteiger partial charge in [-0.25, -0.2) is 9.97 Å². The summed E-state index contributed by atoms with van der Waals surface area (Å²) in [6.45, 7) is 9.81. The highest BCUT2D eigenvalue weighted by atomic mass is 35.5. The Morgan fingerprint density at radius 3 is 2.39 bits per heavy atom. The van der Waals surface area contributed by atoms with Crippen molar-refractivity contribution in [1.29, 1.82) is 0 Å². The summed E-state index contributed by atoms with van der Waals surface area (Å²) in [5, 5.41) is 3.88. The largest absolute Gasteiger partial charge is 0.480 e. The van der Waals surface area contributed by atoms with E-state index in [1.165, 1.54) is 12.0 Å². The molecule has 4 heterocycles. The van der Waals surface area contributed by atoms with Gasteiger partial charge in [0.1, 0.15) is 11.6 Å². The monoisotopic (exact) mass is 590 g/mol. The molecule has 4 aromatic rings. The van der Waals surface area contributed by atoms with E-state index < -0.39 is 17.4 Å². The zero-order valence-corrected chi connectivity index (χ0v) is 24.9. The van der Waals surface area contributed by atoms with E-state index in [1.807, 2.05) is 45.3 Å². The lowest BCUT2D eigenvalue weighted by Gasteiger charge is -2.36. The van der Waals surface area contributed by atoms with Crippen molar-refractivity contribution in [3.63, 3.8) is 0 Å². The van der Waals surface area contributed by atoms with Crippen LogP contribution >= 0.6 is 23.2 Å². The van der Waals surface area contributed by atoms with Crippen molar-refractivity contribution in [3.05, 3.63) is 81.0 Å². The molecule has 1 unspecified atom stereocenters. The third-order valence-corrected chi connectivity index (χ3v) is 8.06. The van der Waals surface area contributed by atoms with Gasteiger partial charge in [0.25, 0.3) is 11.8 Å². The van der Waals surface area contributed by atoms with Crippen LogP contribution in [-0.2, 0) is 10.3 Å². The zero-order chi connectivity index (χ0) is 29.4. The van der Waals surface area contributed by atoms with Crippen LogP contribution in [0.1, 0.15) is 72.8 Å². The molecule has 41 heavy (non-hydrogen) atoms. The van der Waals surface area contributed by atoms with Crippen molar-refractivity contribution in [2.45, 2.75) is 52.1 Å². The van der Waals surface area contributed by atoms with Crippen LogP contribution in [0.4, 0.5) is 11.4 Å². The maximum Gasteiger partial charge on any atom is 0.280 e. The first kappa shape index (κ1) is 27.2. The molecule has 2 aromatic carbocycles. The minimum Gasteiger partial charge on any atom is -0.480 e. The molecular weight excluding hydrogens is 563 g/mol. The van der Waals surface area contributed by atoms with E-state index in [1.54, 1.807) is 36.5 Å². The van der Waals surface area contributed by atoms with Crippen molar-refractivity contribution in [3.8, 4) is 17.3 Å². The number of rotatable bonds is 5. The van der Waals surface area contributed by atoms with Crippen LogP contribution in [0, 0.1) is 6.92 Å². The Kier molecular flexibility index (Phi) is 6.35. The third kappa shape index (κ3) is 3.79. The van der Waals surface area contributed by atoms with Gasteiger partial charge in [0.15, 0.2) is 11.2 Å². The second-order valence-corrected chi connectivity index (χ2v) is 11.7. The highest BCUT2D eigenvalue weighted by Crippen LogP contribution is 2.55. The Hall–Kier alpha value is -3.95. The van der Waals surface area contributed by atoms with E-state index in [0.29, 0.717) is 55.8 Å². The molecule has 2 aromatic heterocycles. The zero-order valence-electron chi connectivity index (χ0n) is 23.4. The molecule has 9 nitrogen and oxygen atoms in total. The summed E-state index contributed by atoms with van der Waals surface area (Å²) in [4.78, 5) is 44.4. The van der Waals surface area contributed by atoms with Gasteiger partial charge in [-0.1, -0.05) is 49.2 Å². The third-order valence-electron chi connectivity index (χ3n) is 7.59. The van der Waals surface area contributed by atoms with Crippen LogP contribution in [0.25, 0.3) is 11.4 Å². The molecule has 0 saturated carbocycles. The number of benzene rings is 2. The predicted molar refractivity (Wildman–Crippen MR) is 158 cm³/mol. The summed E-state index contributed by atoms with van der Waals surface area (Å²) in [5.41, 5.74) is 1.93. The van der Waals surface area contributed by atoms with Crippen LogP contribution in [-0.4, -0.2) is 38.4 Å². The number of ether oxygens (including phenoxy) is 1. The van der Waals surface area contributed by atoms with E-state index in [2.05, 4.69) is 15.3 Å². The normalized spacial score (nSPS) is 17.6. The van der Waals surface area contributed by atoms with Gasteiger partial charge in [-0.2, -0.15) is 4.98 Å². The van der Waals surface area contributed by atoms with Crippen LogP contribution < -0.4 is 15.0 Å². The van der Waals surface area contributed by atoms with E-state index >= 15 is 0 Å². The number of halogens is 2.